The van der Waals surface area contributed by atoms with Gasteiger partial charge < -0.3 is 5.32 Å². The zero-order chi connectivity index (χ0) is 20.7. The maximum atomic E-state index is 13.1. The van der Waals surface area contributed by atoms with Crippen LogP contribution in [-0.2, 0) is 22.7 Å². The maximum Gasteiger partial charge on any atom is 0.229 e. The third-order valence-corrected chi connectivity index (χ3v) is 6.75. The first-order valence-corrected chi connectivity index (χ1v) is 11.3. The standard InChI is InChI=1S/C25H23N3OS/c1-16-10-11-20(12-17(16)2)28-25(22-14-30-15-23(22)27-28)26-24(29)13-19-8-5-7-18-6-3-4-9-21(18)19/h3-12H,13-15H2,1-2H3,(H,26,29). The maximum absolute atomic E-state index is 13.1. The van der Waals surface area contributed by atoms with E-state index in [4.69, 9.17) is 5.10 Å². The molecule has 4 aromatic rings. The molecule has 0 radical (unpaired) electrons. The van der Waals surface area contributed by atoms with Gasteiger partial charge in [0.15, 0.2) is 0 Å². The number of hydrogen-bond acceptors (Lipinski definition) is 3. The Kier molecular flexibility index (Phi) is 4.83. The fourth-order valence-electron chi connectivity index (χ4n) is 3.98. The second kappa shape index (κ2) is 7.65. The van der Waals surface area contributed by atoms with E-state index in [0.29, 0.717) is 6.42 Å². The Balaban J connectivity index is 1.48. The van der Waals surface area contributed by atoms with Gasteiger partial charge in [0.2, 0.25) is 5.91 Å². The normalized spacial score (nSPS) is 12.9. The summed E-state index contributed by atoms with van der Waals surface area (Å²) in [4.78, 5) is 13.1. The molecule has 1 aliphatic heterocycles. The number of benzene rings is 3. The van der Waals surface area contributed by atoms with Crippen molar-refractivity contribution in [3.05, 3.63) is 88.6 Å². The van der Waals surface area contributed by atoms with E-state index in [1.807, 2.05) is 40.7 Å². The van der Waals surface area contributed by atoms with Gasteiger partial charge in [-0.15, -0.1) is 0 Å². The summed E-state index contributed by atoms with van der Waals surface area (Å²) in [6, 6.07) is 20.6. The van der Waals surface area contributed by atoms with Crippen LogP contribution in [0.25, 0.3) is 16.5 Å². The minimum absolute atomic E-state index is 0.0176. The van der Waals surface area contributed by atoms with E-state index in [-0.39, 0.29) is 5.91 Å². The fourth-order valence-corrected chi connectivity index (χ4v) is 5.02. The van der Waals surface area contributed by atoms with Crippen molar-refractivity contribution in [3.8, 4) is 5.69 Å². The molecule has 4 nitrogen and oxygen atoms in total. The number of thioether (sulfide) groups is 1. The molecule has 0 unspecified atom stereocenters. The highest BCUT2D eigenvalue weighted by Crippen LogP contribution is 2.36. The number of amides is 1. The van der Waals surface area contributed by atoms with Crippen molar-refractivity contribution in [3.63, 3.8) is 0 Å². The molecule has 0 bridgehead atoms. The van der Waals surface area contributed by atoms with Crippen LogP contribution in [0.15, 0.2) is 60.7 Å². The van der Waals surface area contributed by atoms with Crippen molar-refractivity contribution in [2.24, 2.45) is 0 Å². The van der Waals surface area contributed by atoms with Crippen LogP contribution >= 0.6 is 11.8 Å². The third kappa shape index (κ3) is 3.39. The fraction of sp³-hybridized carbons (Fsp3) is 0.200. The quantitative estimate of drug-likeness (QED) is 0.476. The van der Waals surface area contributed by atoms with E-state index < -0.39 is 0 Å². The van der Waals surface area contributed by atoms with E-state index in [0.717, 1.165) is 50.6 Å². The summed E-state index contributed by atoms with van der Waals surface area (Å²) < 4.78 is 1.90. The lowest BCUT2D eigenvalue weighted by atomic mass is 10.0. The van der Waals surface area contributed by atoms with Gasteiger partial charge in [-0.2, -0.15) is 16.9 Å². The molecule has 0 atom stereocenters. The Labute approximate surface area is 180 Å². The lowest BCUT2D eigenvalue weighted by molar-refractivity contribution is -0.115. The molecule has 5 heteroatoms. The first kappa shape index (κ1) is 18.9. The molecule has 1 N–H and O–H groups in total. The summed E-state index contributed by atoms with van der Waals surface area (Å²) in [7, 11) is 0. The van der Waals surface area contributed by atoms with Gasteiger partial charge in [-0.05, 0) is 53.4 Å². The number of aromatic nitrogens is 2. The van der Waals surface area contributed by atoms with Crippen molar-refractivity contribution >= 4 is 34.3 Å². The minimum Gasteiger partial charge on any atom is -0.310 e. The number of aryl methyl sites for hydroxylation is 2. The van der Waals surface area contributed by atoms with Crippen LogP contribution in [-0.4, -0.2) is 15.7 Å². The SMILES string of the molecule is Cc1ccc(-n2nc3c(c2NC(=O)Cc2cccc4ccccc24)CSC3)cc1C. The van der Waals surface area contributed by atoms with Gasteiger partial charge in [-0.25, -0.2) is 4.68 Å². The average molecular weight is 414 g/mol. The highest BCUT2D eigenvalue weighted by atomic mass is 32.2. The number of rotatable bonds is 4. The minimum atomic E-state index is -0.0176. The van der Waals surface area contributed by atoms with Crippen molar-refractivity contribution in [1.82, 2.24) is 9.78 Å². The number of carbonyl (C=O) groups is 1. The van der Waals surface area contributed by atoms with Crippen LogP contribution in [0.1, 0.15) is 27.9 Å². The van der Waals surface area contributed by atoms with Crippen LogP contribution in [0.4, 0.5) is 5.82 Å². The predicted octanol–water partition coefficient (Wildman–Crippen LogP) is 5.57. The topological polar surface area (TPSA) is 46.9 Å². The van der Waals surface area contributed by atoms with Crippen molar-refractivity contribution in [2.45, 2.75) is 31.8 Å². The summed E-state index contributed by atoms with van der Waals surface area (Å²) in [6.45, 7) is 4.20. The van der Waals surface area contributed by atoms with E-state index in [9.17, 15) is 4.79 Å². The zero-order valence-electron chi connectivity index (χ0n) is 17.1. The molecule has 0 aliphatic carbocycles. The first-order chi connectivity index (χ1) is 14.6. The monoisotopic (exact) mass is 413 g/mol. The van der Waals surface area contributed by atoms with Crippen LogP contribution in [0.2, 0.25) is 0 Å². The molecule has 0 saturated heterocycles. The Morgan fingerprint density at radius 1 is 1.03 bits per heavy atom. The molecule has 1 aliphatic rings. The van der Waals surface area contributed by atoms with E-state index in [2.05, 4.69) is 55.6 Å². The van der Waals surface area contributed by atoms with Crippen LogP contribution in [0.3, 0.4) is 0 Å². The second-order valence-electron chi connectivity index (χ2n) is 7.81. The highest BCUT2D eigenvalue weighted by molar-refractivity contribution is 7.98. The van der Waals surface area contributed by atoms with Gasteiger partial charge in [0.25, 0.3) is 0 Å². The molecule has 30 heavy (non-hydrogen) atoms. The molecule has 1 aromatic heterocycles. The Bertz CT molecular complexity index is 1270. The van der Waals surface area contributed by atoms with Gasteiger partial charge >= 0.3 is 0 Å². The largest absolute Gasteiger partial charge is 0.310 e. The van der Waals surface area contributed by atoms with Gasteiger partial charge in [-0.1, -0.05) is 48.5 Å². The third-order valence-electron chi connectivity index (χ3n) is 5.78. The van der Waals surface area contributed by atoms with Gasteiger partial charge in [0.1, 0.15) is 5.82 Å². The Morgan fingerprint density at radius 3 is 2.73 bits per heavy atom. The number of anilines is 1. The molecular formula is C25H23N3OS. The number of hydrogen-bond donors (Lipinski definition) is 1. The van der Waals surface area contributed by atoms with Crippen molar-refractivity contribution in [1.29, 1.82) is 0 Å². The van der Waals surface area contributed by atoms with Gasteiger partial charge in [0.05, 0.1) is 17.8 Å². The van der Waals surface area contributed by atoms with Crippen LogP contribution in [0, 0.1) is 13.8 Å². The molecular weight excluding hydrogens is 390 g/mol. The summed E-state index contributed by atoms with van der Waals surface area (Å²) in [6.07, 6.45) is 0.335. The van der Waals surface area contributed by atoms with Crippen molar-refractivity contribution < 1.29 is 4.79 Å². The van der Waals surface area contributed by atoms with Crippen LogP contribution in [0.5, 0.6) is 0 Å². The van der Waals surface area contributed by atoms with Crippen LogP contribution < -0.4 is 5.32 Å². The summed E-state index contributed by atoms with van der Waals surface area (Å²) in [5.74, 6) is 2.56. The molecule has 3 aromatic carbocycles. The molecule has 1 amide bonds. The lowest BCUT2D eigenvalue weighted by Gasteiger charge is -2.13. The summed E-state index contributed by atoms with van der Waals surface area (Å²) >= 11 is 1.84. The molecule has 0 saturated carbocycles. The van der Waals surface area contributed by atoms with Crippen molar-refractivity contribution in [2.75, 3.05) is 5.32 Å². The zero-order valence-corrected chi connectivity index (χ0v) is 17.9. The smallest absolute Gasteiger partial charge is 0.229 e. The van der Waals surface area contributed by atoms with E-state index in [1.165, 1.54) is 11.1 Å². The Hall–Kier alpha value is -3.05. The molecule has 2 heterocycles. The second-order valence-corrected chi connectivity index (χ2v) is 8.80. The molecule has 0 spiro atoms. The van der Waals surface area contributed by atoms with E-state index in [1.54, 1.807) is 0 Å². The molecule has 5 rings (SSSR count). The average Bonchev–Trinajstić information content (AvgIpc) is 3.33. The first-order valence-electron chi connectivity index (χ1n) is 10.1. The number of nitrogens with zero attached hydrogens (tertiary/aromatic N) is 2. The van der Waals surface area contributed by atoms with Gasteiger partial charge in [0, 0.05) is 17.1 Å². The summed E-state index contributed by atoms with van der Waals surface area (Å²) in [5.41, 5.74) is 6.69. The lowest BCUT2D eigenvalue weighted by Crippen LogP contribution is -2.18. The number of fused-ring (bicyclic) bond motifs is 2. The Morgan fingerprint density at radius 2 is 1.87 bits per heavy atom. The van der Waals surface area contributed by atoms with E-state index >= 15 is 0 Å². The molecule has 0 fully saturated rings. The number of nitrogens with one attached hydrogen (secondary N) is 1. The molecule has 150 valence electrons. The number of carbonyl (C=O) groups excluding carboxylic acids is 1. The van der Waals surface area contributed by atoms with Gasteiger partial charge in [-0.3, -0.25) is 4.79 Å². The predicted molar refractivity (Wildman–Crippen MR) is 124 cm³/mol. The highest BCUT2D eigenvalue weighted by Gasteiger charge is 2.25. The summed E-state index contributed by atoms with van der Waals surface area (Å²) in [5, 5.41) is 10.3.